The normalized spacial score (nSPS) is 11.5. The highest BCUT2D eigenvalue weighted by Crippen LogP contribution is 2.10. The van der Waals surface area contributed by atoms with Crippen LogP contribution in [0.1, 0.15) is 78.1 Å². The molecule has 5 heteroatoms. The van der Waals surface area contributed by atoms with E-state index in [1.165, 1.54) is 51.9 Å². The summed E-state index contributed by atoms with van der Waals surface area (Å²) in [6.45, 7) is 3.70. The van der Waals surface area contributed by atoms with Gasteiger partial charge in [0.1, 0.15) is 6.04 Å². The van der Waals surface area contributed by atoms with Crippen LogP contribution in [0.4, 0.5) is 0 Å². The van der Waals surface area contributed by atoms with E-state index >= 15 is 0 Å². The standard InChI is InChI=1S/C15H29NO3.H3N/c1-3-4-5-6-7-8-9-10-11-12-14(17)16-13(2)15(18)19;/h13H,3-12H2,1-2H3,(H,16,17)(H,18,19);1H3/t13-;/m0./s1. The van der Waals surface area contributed by atoms with Crippen molar-refractivity contribution in [3.8, 4) is 0 Å². The predicted molar refractivity (Wildman–Crippen MR) is 82.1 cm³/mol. The molecule has 0 rings (SSSR count). The minimum Gasteiger partial charge on any atom is -0.480 e. The lowest BCUT2D eigenvalue weighted by molar-refractivity contribution is -0.141. The van der Waals surface area contributed by atoms with Crippen LogP contribution in [-0.2, 0) is 9.59 Å². The second kappa shape index (κ2) is 14.3. The summed E-state index contributed by atoms with van der Waals surface area (Å²) in [5, 5.41) is 11.1. The molecule has 0 bridgehead atoms. The summed E-state index contributed by atoms with van der Waals surface area (Å²) in [5.74, 6) is -1.14. The molecule has 20 heavy (non-hydrogen) atoms. The summed E-state index contributed by atoms with van der Waals surface area (Å²) >= 11 is 0. The number of rotatable bonds is 12. The minimum atomic E-state index is -0.986. The number of carbonyl (C=O) groups is 2. The third-order valence-electron chi connectivity index (χ3n) is 3.26. The van der Waals surface area contributed by atoms with Crippen molar-refractivity contribution in [3.63, 3.8) is 0 Å². The Balaban J connectivity index is 0. The second-order valence-electron chi connectivity index (χ2n) is 5.21. The molecule has 0 saturated carbocycles. The van der Waals surface area contributed by atoms with Gasteiger partial charge in [-0.25, -0.2) is 0 Å². The van der Waals surface area contributed by atoms with Crippen LogP contribution in [0.25, 0.3) is 0 Å². The Morgan fingerprint density at radius 1 is 0.950 bits per heavy atom. The minimum absolute atomic E-state index is 0. The molecule has 0 aromatic heterocycles. The van der Waals surface area contributed by atoms with Gasteiger partial charge in [-0.15, -0.1) is 0 Å². The first-order valence-electron chi connectivity index (χ1n) is 7.60. The highest BCUT2D eigenvalue weighted by Gasteiger charge is 2.12. The van der Waals surface area contributed by atoms with Crippen LogP contribution in [0.5, 0.6) is 0 Å². The van der Waals surface area contributed by atoms with E-state index in [0.717, 1.165) is 12.8 Å². The fraction of sp³-hybridized carbons (Fsp3) is 0.867. The first-order valence-corrected chi connectivity index (χ1v) is 7.60. The molecule has 120 valence electrons. The summed E-state index contributed by atoms with van der Waals surface area (Å²) in [4.78, 5) is 21.9. The summed E-state index contributed by atoms with van der Waals surface area (Å²) < 4.78 is 0. The lowest BCUT2D eigenvalue weighted by Gasteiger charge is -2.08. The van der Waals surface area contributed by atoms with Gasteiger partial charge < -0.3 is 16.6 Å². The number of unbranched alkanes of at least 4 members (excludes halogenated alkanes) is 8. The molecule has 5 N–H and O–H groups in total. The molecule has 0 unspecified atom stereocenters. The van der Waals surface area contributed by atoms with E-state index < -0.39 is 12.0 Å². The quantitative estimate of drug-likeness (QED) is 0.477. The monoisotopic (exact) mass is 288 g/mol. The zero-order valence-electron chi connectivity index (χ0n) is 13.1. The molecule has 1 atom stereocenters. The molecule has 0 aromatic rings. The van der Waals surface area contributed by atoms with Crippen LogP contribution >= 0.6 is 0 Å². The molecule has 1 amide bonds. The number of hydrogen-bond donors (Lipinski definition) is 3. The van der Waals surface area contributed by atoms with Crippen LogP contribution in [0.2, 0.25) is 0 Å². The maximum atomic E-state index is 11.4. The second-order valence-corrected chi connectivity index (χ2v) is 5.21. The molecule has 0 aliphatic rings. The maximum Gasteiger partial charge on any atom is 0.325 e. The van der Waals surface area contributed by atoms with Crippen molar-refractivity contribution in [2.45, 2.75) is 84.1 Å². The Hall–Kier alpha value is -1.10. The molecule has 5 nitrogen and oxygen atoms in total. The zero-order valence-corrected chi connectivity index (χ0v) is 13.1. The van der Waals surface area contributed by atoms with Crippen LogP contribution in [-0.4, -0.2) is 23.0 Å². The highest BCUT2D eigenvalue weighted by molar-refractivity contribution is 5.83. The van der Waals surface area contributed by atoms with Gasteiger partial charge in [0.2, 0.25) is 5.91 Å². The van der Waals surface area contributed by atoms with Crippen molar-refractivity contribution in [2.75, 3.05) is 0 Å². The van der Waals surface area contributed by atoms with E-state index in [1.807, 2.05) is 0 Å². The zero-order chi connectivity index (χ0) is 14.5. The molecule has 0 spiro atoms. The van der Waals surface area contributed by atoms with E-state index in [4.69, 9.17) is 5.11 Å². The first kappa shape index (κ1) is 21.2. The van der Waals surface area contributed by atoms with Crippen molar-refractivity contribution in [1.29, 1.82) is 0 Å². The topological polar surface area (TPSA) is 101 Å². The lowest BCUT2D eigenvalue weighted by Crippen LogP contribution is -2.38. The van der Waals surface area contributed by atoms with Crippen LogP contribution < -0.4 is 11.5 Å². The molecule has 0 aliphatic carbocycles. The number of nitrogens with one attached hydrogen (secondary N) is 1. The van der Waals surface area contributed by atoms with E-state index in [-0.39, 0.29) is 12.1 Å². The fourth-order valence-electron chi connectivity index (χ4n) is 1.97. The largest absolute Gasteiger partial charge is 0.480 e. The number of carboxylic acid groups (broad SMARTS) is 1. The third kappa shape index (κ3) is 13.3. The SMILES string of the molecule is CCCCCCCCCCCC(=O)N[C@@H](C)C(=O)O.N. The summed E-state index contributed by atoms with van der Waals surface area (Å²) in [5.41, 5.74) is 0. The van der Waals surface area contributed by atoms with Gasteiger partial charge in [-0.3, -0.25) is 9.59 Å². The van der Waals surface area contributed by atoms with Crippen molar-refractivity contribution in [3.05, 3.63) is 0 Å². The third-order valence-corrected chi connectivity index (χ3v) is 3.26. The van der Waals surface area contributed by atoms with Gasteiger partial charge in [-0.05, 0) is 13.3 Å². The van der Waals surface area contributed by atoms with Crippen molar-refractivity contribution >= 4 is 11.9 Å². The average Bonchev–Trinajstić information content (AvgIpc) is 2.36. The van der Waals surface area contributed by atoms with Crippen molar-refractivity contribution < 1.29 is 14.7 Å². The van der Waals surface area contributed by atoms with E-state index in [9.17, 15) is 9.59 Å². The van der Waals surface area contributed by atoms with E-state index in [0.29, 0.717) is 6.42 Å². The number of hydrogen-bond acceptors (Lipinski definition) is 3. The Morgan fingerprint density at radius 2 is 1.40 bits per heavy atom. The predicted octanol–water partition coefficient (Wildman–Crippen LogP) is 3.66. The summed E-state index contributed by atoms with van der Waals surface area (Å²) in [6.07, 6.45) is 11.3. The van der Waals surface area contributed by atoms with Crippen LogP contribution in [0.3, 0.4) is 0 Å². The smallest absolute Gasteiger partial charge is 0.325 e. The molecule has 0 fully saturated rings. The van der Waals surface area contributed by atoms with Gasteiger partial charge in [0.05, 0.1) is 0 Å². The molecule has 0 radical (unpaired) electrons. The lowest BCUT2D eigenvalue weighted by atomic mass is 10.1. The first-order chi connectivity index (χ1) is 9.07. The van der Waals surface area contributed by atoms with Gasteiger partial charge in [-0.2, -0.15) is 0 Å². The van der Waals surface area contributed by atoms with E-state index in [1.54, 1.807) is 0 Å². The van der Waals surface area contributed by atoms with Gasteiger partial charge in [-0.1, -0.05) is 58.3 Å². The molecular weight excluding hydrogens is 256 g/mol. The van der Waals surface area contributed by atoms with E-state index in [2.05, 4.69) is 12.2 Å². The Kier molecular flexibility index (Phi) is 15.2. The fourth-order valence-corrected chi connectivity index (χ4v) is 1.97. The molecule has 0 saturated heterocycles. The number of amides is 1. The Morgan fingerprint density at radius 3 is 1.85 bits per heavy atom. The highest BCUT2D eigenvalue weighted by atomic mass is 16.4. The van der Waals surface area contributed by atoms with Gasteiger partial charge in [0.25, 0.3) is 0 Å². The van der Waals surface area contributed by atoms with Gasteiger partial charge in [0, 0.05) is 6.42 Å². The Labute approximate surface area is 123 Å². The summed E-state index contributed by atoms with van der Waals surface area (Å²) in [6, 6.07) is -0.786. The van der Waals surface area contributed by atoms with Crippen molar-refractivity contribution in [2.24, 2.45) is 0 Å². The number of carboxylic acids is 1. The Bertz CT molecular complexity index is 258. The summed E-state index contributed by atoms with van der Waals surface area (Å²) in [7, 11) is 0. The average molecular weight is 288 g/mol. The molecular formula is C15H32N2O3. The van der Waals surface area contributed by atoms with Crippen molar-refractivity contribution in [1.82, 2.24) is 11.5 Å². The number of carbonyl (C=O) groups excluding carboxylic acids is 1. The molecule has 0 heterocycles. The number of aliphatic carboxylic acids is 1. The molecule has 0 aromatic carbocycles. The van der Waals surface area contributed by atoms with Crippen LogP contribution in [0.15, 0.2) is 0 Å². The van der Waals surface area contributed by atoms with Crippen LogP contribution in [0, 0.1) is 0 Å². The maximum absolute atomic E-state index is 11.4. The van der Waals surface area contributed by atoms with Gasteiger partial charge in [0.15, 0.2) is 0 Å². The van der Waals surface area contributed by atoms with Gasteiger partial charge >= 0.3 is 5.97 Å². The molecule has 0 aliphatic heterocycles.